The molecule has 0 amide bonds. The van der Waals surface area contributed by atoms with E-state index in [9.17, 15) is 0 Å². The molecule has 12 aromatic rings. The van der Waals surface area contributed by atoms with Gasteiger partial charge in [-0.1, -0.05) is 243 Å². The van der Waals surface area contributed by atoms with Crippen molar-refractivity contribution in [3.63, 3.8) is 0 Å². The summed E-state index contributed by atoms with van der Waals surface area (Å²) >= 11 is 0. The molecule has 0 radical (unpaired) electrons. The molecule has 0 fully saturated rings. The fraction of sp³-hybridized carbons (Fsp3) is 0.0286. The fourth-order valence-electron chi connectivity index (χ4n) is 11.6. The molecular formula is C70H49N. The van der Waals surface area contributed by atoms with Gasteiger partial charge >= 0.3 is 0 Å². The number of hydrogen-bond donors (Lipinski definition) is 0. The van der Waals surface area contributed by atoms with E-state index in [2.05, 4.69) is 291 Å². The lowest BCUT2D eigenvalue weighted by Crippen LogP contribution is -2.23. The van der Waals surface area contributed by atoms with Gasteiger partial charge in [-0.2, -0.15) is 0 Å². The summed E-state index contributed by atoms with van der Waals surface area (Å²) in [5.41, 5.74) is 21.3. The van der Waals surface area contributed by atoms with Gasteiger partial charge in [0, 0.05) is 22.4 Å². The van der Waals surface area contributed by atoms with Crippen molar-refractivity contribution in [3.8, 4) is 66.8 Å². The Morgan fingerprint density at radius 2 is 0.732 bits per heavy atom. The Kier molecular flexibility index (Phi) is 10.4. The Bertz CT molecular complexity index is 3920. The highest BCUT2D eigenvalue weighted by molar-refractivity contribution is 6.22. The standard InChI is InChI=1S/C70H49N/c1-70(53-31-15-6-16-32-53)65-37-21-19-35-60(65)61-44-41-55(47-66(61)70)71(54-40-43-56(48-23-7-2-8-24-48)63(46-54)49-25-9-3-10-26-49)67-38-22-20-33-57(67)52-39-42-59-58-34-17-18-36-62(58)68(50-27-11-4-12-28-50)69(64(59)45-52)51-29-13-5-14-30-51/h2-47H,1H3. The molecule has 0 N–H and O–H groups in total. The minimum absolute atomic E-state index is 0.369. The van der Waals surface area contributed by atoms with Gasteiger partial charge in [-0.05, 0) is 143 Å². The number of para-hydroxylation sites is 1. The van der Waals surface area contributed by atoms with Crippen LogP contribution in [0.4, 0.5) is 17.1 Å². The van der Waals surface area contributed by atoms with Crippen LogP contribution >= 0.6 is 0 Å². The van der Waals surface area contributed by atoms with Crippen LogP contribution in [0, 0.1) is 0 Å². The van der Waals surface area contributed by atoms with E-state index in [0.717, 1.165) is 28.2 Å². The molecule has 0 bridgehead atoms. The van der Waals surface area contributed by atoms with Crippen LogP contribution in [0.1, 0.15) is 23.6 Å². The summed E-state index contributed by atoms with van der Waals surface area (Å²) in [7, 11) is 0. The lowest BCUT2D eigenvalue weighted by Gasteiger charge is -2.32. The normalized spacial score (nSPS) is 13.8. The van der Waals surface area contributed by atoms with Crippen molar-refractivity contribution in [2.45, 2.75) is 12.3 Å². The molecule has 1 aliphatic carbocycles. The minimum atomic E-state index is -0.369. The largest absolute Gasteiger partial charge is 0.310 e. The van der Waals surface area contributed by atoms with E-state index in [1.165, 1.54) is 93.9 Å². The fourth-order valence-corrected chi connectivity index (χ4v) is 11.6. The molecule has 0 saturated heterocycles. The number of rotatable bonds is 9. The van der Waals surface area contributed by atoms with E-state index in [4.69, 9.17) is 0 Å². The van der Waals surface area contributed by atoms with Crippen molar-refractivity contribution in [1.82, 2.24) is 0 Å². The van der Waals surface area contributed by atoms with Crippen LogP contribution in [-0.4, -0.2) is 0 Å². The van der Waals surface area contributed by atoms with Crippen LogP contribution in [0.15, 0.2) is 279 Å². The minimum Gasteiger partial charge on any atom is -0.310 e. The molecule has 71 heavy (non-hydrogen) atoms. The van der Waals surface area contributed by atoms with Crippen LogP contribution in [0.5, 0.6) is 0 Å². The second-order valence-corrected chi connectivity index (χ2v) is 18.9. The van der Waals surface area contributed by atoms with Crippen LogP contribution in [0.3, 0.4) is 0 Å². The van der Waals surface area contributed by atoms with E-state index in [0.29, 0.717) is 0 Å². The highest BCUT2D eigenvalue weighted by atomic mass is 15.1. The van der Waals surface area contributed by atoms with E-state index in [1.807, 2.05) is 0 Å². The van der Waals surface area contributed by atoms with Crippen molar-refractivity contribution in [1.29, 1.82) is 0 Å². The molecule has 334 valence electrons. The molecule has 0 saturated carbocycles. The van der Waals surface area contributed by atoms with Gasteiger partial charge in [0.05, 0.1) is 5.69 Å². The Morgan fingerprint density at radius 1 is 0.268 bits per heavy atom. The summed E-state index contributed by atoms with van der Waals surface area (Å²) in [6.07, 6.45) is 0. The average Bonchev–Trinajstić information content (AvgIpc) is 3.72. The summed E-state index contributed by atoms with van der Waals surface area (Å²) in [5, 5.41) is 4.95. The van der Waals surface area contributed by atoms with Gasteiger partial charge in [0.2, 0.25) is 0 Å². The topological polar surface area (TPSA) is 3.24 Å². The molecule has 1 unspecified atom stereocenters. The number of hydrogen-bond acceptors (Lipinski definition) is 1. The van der Waals surface area contributed by atoms with E-state index >= 15 is 0 Å². The molecule has 12 aromatic carbocycles. The van der Waals surface area contributed by atoms with Gasteiger partial charge in [-0.3, -0.25) is 0 Å². The molecule has 1 atom stereocenters. The zero-order valence-corrected chi connectivity index (χ0v) is 39.5. The number of fused-ring (bicyclic) bond motifs is 6. The molecule has 0 heterocycles. The van der Waals surface area contributed by atoms with Crippen LogP contribution in [-0.2, 0) is 5.41 Å². The van der Waals surface area contributed by atoms with Crippen LogP contribution < -0.4 is 4.90 Å². The lowest BCUT2D eigenvalue weighted by molar-refractivity contribution is 0.714. The third kappa shape index (κ3) is 7.08. The maximum Gasteiger partial charge on any atom is 0.0540 e. The highest BCUT2D eigenvalue weighted by Crippen LogP contribution is 2.55. The number of nitrogens with zero attached hydrogens (tertiary/aromatic N) is 1. The maximum atomic E-state index is 2.50. The predicted octanol–water partition coefficient (Wildman–Crippen LogP) is 19.1. The summed E-state index contributed by atoms with van der Waals surface area (Å²) in [5.74, 6) is 0. The molecular weight excluding hydrogens is 855 g/mol. The third-order valence-corrected chi connectivity index (χ3v) is 14.9. The SMILES string of the molecule is CC1(c2ccccc2)c2ccccc2-c2ccc(N(c3ccc(-c4ccccc4)c(-c4ccccc4)c3)c3ccccc3-c3ccc4c(c3)c(-c3ccccc3)c(-c3ccccc3)c3ccccc34)cc21. The molecule has 13 rings (SSSR count). The van der Waals surface area contributed by atoms with E-state index in [-0.39, 0.29) is 5.41 Å². The first-order chi connectivity index (χ1) is 35.1. The second-order valence-electron chi connectivity index (χ2n) is 18.9. The van der Waals surface area contributed by atoms with Crippen molar-refractivity contribution in [2.75, 3.05) is 4.90 Å². The summed E-state index contributed by atoms with van der Waals surface area (Å²) in [6, 6.07) is 103. The van der Waals surface area contributed by atoms with Gasteiger partial charge in [0.25, 0.3) is 0 Å². The zero-order valence-electron chi connectivity index (χ0n) is 39.5. The van der Waals surface area contributed by atoms with Crippen molar-refractivity contribution in [2.24, 2.45) is 0 Å². The van der Waals surface area contributed by atoms with Crippen molar-refractivity contribution >= 4 is 38.6 Å². The van der Waals surface area contributed by atoms with Crippen LogP contribution in [0.2, 0.25) is 0 Å². The average molecular weight is 904 g/mol. The van der Waals surface area contributed by atoms with Gasteiger partial charge in [0.15, 0.2) is 0 Å². The molecule has 0 aromatic heterocycles. The monoisotopic (exact) mass is 903 g/mol. The summed E-state index contributed by atoms with van der Waals surface area (Å²) in [6.45, 7) is 2.41. The number of benzene rings is 12. The third-order valence-electron chi connectivity index (χ3n) is 14.9. The molecule has 0 spiro atoms. The first kappa shape index (κ1) is 42.1. The summed E-state index contributed by atoms with van der Waals surface area (Å²) < 4.78 is 0. The second kappa shape index (κ2) is 17.5. The first-order valence-corrected chi connectivity index (χ1v) is 24.7. The molecule has 0 aliphatic heterocycles. The Morgan fingerprint density at radius 3 is 1.39 bits per heavy atom. The zero-order chi connectivity index (χ0) is 47.3. The van der Waals surface area contributed by atoms with Gasteiger partial charge < -0.3 is 4.90 Å². The van der Waals surface area contributed by atoms with Gasteiger partial charge in [0.1, 0.15) is 0 Å². The van der Waals surface area contributed by atoms with Crippen molar-refractivity contribution in [3.05, 3.63) is 296 Å². The first-order valence-electron chi connectivity index (χ1n) is 24.7. The van der Waals surface area contributed by atoms with E-state index in [1.54, 1.807) is 0 Å². The number of anilines is 3. The smallest absolute Gasteiger partial charge is 0.0540 e. The molecule has 1 heteroatoms. The van der Waals surface area contributed by atoms with Gasteiger partial charge in [-0.25, -0.2) is 0 Å². The van der Waals surface area contributed by atoms with E-state index < -0.39 is 0 Å². The lowest BCUT2D eigenvalue weighted by atomic mass is 9.74. The summed E-state index contributed by atoms with van der Waals surface area (Å²) in [4.78, 5) is 2.50. The predicted molar refractivity (Wildman–Crippen MR) is 301 cm³/mol. The Hall–Kier alpha value is -9.04. The molecule has 1 nitrogen and oxygen atoms in total. The maximum absolute atomic E-state index is 2.50. The van der Waals surface area contributed by atoms with Crippen LogP contribution in [0.25, 0.3) is 88.3 Å². The molecule has 1 aliphatic rings. The Labute approximate surface area is 416 Å². The quantitative estimate of drug-likeness (QED) is 0.130. The van der Waals surface area contributed by atoms with Gasteiger partial charge in [-0.15, -0.1) is 0 Å². The van der Waals surface area contributed by atoms with Crippen molar-refractivity contribution < 1.29 is 0 Å². The Balaban J connectivity index is 1.08. The highest BCUT2D eigenvalue weighted by Gasteiger charge is 2.41.